The van der Waals surface area contributed by atoms with Gasteiger partial charge in [0.25, 0.3) is 5.91 Å². The summed E-state index contributed by atoms with van der Waals surface area (Å²) in [6, 6.07) is 1.25. The zero-order valence-corrected chi connectivity index (χ0v) is 12.4. The van der Waals surface area contributed by atoms with Crippen LogP contribution in [0.15, 0.2) is 24.7 Å². The molecule has 0 aliphatic carbocycles. The number of methoxy groups -OCH3 is 1. The van der Waals surface area contributed by atoms with E-state index in [1.54, 1.807) is 25.5 Å². The molecule has 0 aromatic carbocycles. The van der Waals surface area contributed by atoms with Crippen molar-refractivity contribution in [2.45, 2.75) is 18.2 Å². The number of hydrogen-bond donors (Lipinski definition) is 1. The Hall–Kier alpha value is -2.03. The summed E-state index contributed by atoms with van der Waals surface area (Å²) in [7, 11) is 3.14. The van der Waals surface area contributed by atoms with Crippen molar-refractivity contribution in [1.29, 1.82) is 0 Å². The Morgan fingerprint density at radius 2 is 2.36 bits per heavy atom. The number of fused-ring (bicyclic) bond motifs is 1. The summed E-state index contributed by atoms with van der Waals surface area (Å²) >= 11 is 0. The van der Waals surface area contributed by atoms with E-state index in [1.165, 1.54) is 22.7 Å². The third kappa shape index (κ3) is 2.45. The fourth-order valence-electron chi connectivity index (χ4n) is 2.62. The second-order valence-electron chi connectivity index (χ2n) is 5.23. The summed E-state index contributed by atoms with van der Waals surface area (Å²) in [5.41, 5.74) is 0.865. The number of rotatable bonds is 3. The molecule has 118 valence electrons. The quantitative estimate of drug-likeness (QED) is 0.828. The normalized spacial score (nSPS) is 25.3. The van der Waals surface area contributed by atoms with E-state index < -0.39 is 18.2 Å². The molecule has 1 saturated heterocycles. The van der Waals surface area contributed by atoms with Crippen LogP contribution >= 0.6 is 0 Å². The summed E-state index contributed by atoms with van der Waals surface area (Å²) in [5, 5.41) is 14.4. The SMILES string of the molecule is CO[C@@H]1COC[C@@H](N(C)C(=O)c2cnn3cccnc23)[C@@H]1O. The van der Waals surface area contributed by atoms with Gasteiger partial charge >= 0.3 is 0 Å². The van der Waals surface area contributed by atoms with E-state index >= 15 is 0 Å². The van der Waals surface area contributed by atoms with Gasteiger partial charge in [-0.1, -0.05) is 0 Å². The molecule has 1 aliphatic rings. The van der Waals surface area contributed by atoms with Crippen LogP contribution in [0, 0.1) is 0 Å². The molecule has 1 amide bonds. The molecule has 2 aromatic rings. The van der Waals surface area contributed by atoms with Gasteiger partial charge in [-0.15, -0.1) is 0 Å². The summed E-state index contributed by atoms with van der Waals surface area (Å²) in [5.74, 6) is -0.266. The van der Waals surface area contributed by atoms with E-state index in [9.17, 15) is 9.90 Å². The highest BCUT2D eigenvalue weighted by atomic mass is 16.5. The molecule has 8 nitrogen and oxygen atoms in total. The molecule has 3 rings (SSSR count). The number of carbonyl (C=O) groups is 1. The first-order chi connectivity index (χ1) is 10.6. The second-order valence-corrected chi connectivity index (χ2v) is 5.23. The van der Waals surface area contributed by atoms with Crippen LogP contribution in [0.1, 0.15) is 10.4 Å². The van der Waals surface area contributed by atoms with Gasteiger partial charge in [-0.2, -0.15) is 5.10 Å². The van der Waals surface area contributed by atoms with Gasteiger partial charge in [-0.3, -0.25) is 4.79 Å². The van der Waals surface area contributed by atoms with Gasteiger partial charge in [0.1, 0.15) is 17.8 Å². The minimum Gasteiger partial charge on any atom is -0.388 e. The van der Waals surface area contributed by atoms with Crippen LogP contribution in [0.3, 0.4) is 0 Å². The lowest BCUT2D eigenvalue weighted by Gasteiger charge is -2.38. The molecule has 22 heavy (non-hydrogen) atoms. The molecule has 1 aliphatic heterocycles. The molecule has 1 fully saturated rings. The predicted molar refractivity (Wildman–Crippen MR) is 76.5 cm³/mol. The van der Waals surface area contributed by atoms with Crippen molar-refractivity contribution in [1.82, 2.24) is 19.5 Å². The minimum atomic E-state index is -0.803. The summed E-state index contributed by atoms with van der Waals surface area (Å²) in [6.07, 6.45) is 3.55. The Bertz CT molecular complexity index is 674. The molecule has 0 bridgehead atoms. The zero-order valence-electron chi connectivity index (χ0n) is 12.4. The summed E-state index contributed by atoms with van der Waals surface area (Å²) < 4.78 is 12.1. The van der Waals surface area contributed by atoms with Gasteiger partial charge in [0.05, 0.1) is 25.5 Å². The number of amides is 1. The number of likely N-dealkylation sites (N-methyl/N-ethyl adjacent to an activating group) is 1. The van der Waals surface area contributed by atoms with Gasteiger partial charge in [0, 0.05) is 26.6 Å². The first-order valence-corrected chi connectivity index (χ1v) is 6.97. The molecule has 2 aromatic heterocycles. The van der Waals surface area contributed by atoms with Crippen LogP contribution < -0.4 is 0 Å². The number of carbonyl (C=O) groups excluding carboxylic acids is 1. The Morgan fingerprint density at radius 3 is 3.14 bits per heavy atom. The first kappa shape index (κ1) is 14.9. The highest BCUT2D eigenvalue weighted by Gasteiger charge is 2.37. The Kier molecular flexibility index (Phi) is 4.06. The zero-order chi connectivity index (χ0) is 15.7. The lowest BCUT2D eigenvalue weighted by Crippen LogP contribution is -2.56. The third-order valence-corrected chi connectivity index (χ3v) is 3.98. The number of nitrogens with zero attached hydrogens (tertiary/aromatic N) is 4. The molecule has 0 unspecified atom stereocenters. The van der Waals surface area contributed by atoms with Crippen LogP contribution in [0.25, 0.3) is 5.65 Å². The van der Waals surface area contributed by atoms with Crippen molar-refractivity contribution < 1.29 is 19.4 Å². The van der Waals surface area contributed by atoms with E-state index in [0.717, 1.165) is 0 Å². The van der Waals surface area contributed by atoms with Crippen LogP contribution in [-0.4, -0.2) is 76.1 Å². The Balaban J connectivity index is 1.85. The maximum Gasteiger partial charge on any atom is 0.259 e. The molecular weight excluding hydrogens is 288 g/mol. The molecular formula is C14H18N4O4. The minimum absolute atomic E-state index is 0.260. The van der Waals surface area contributed by atoms with Crippen LogP contribution in [0.2, 0.25) is 0 Å². The van der Waals surface area contributed by atoms with Crippen molar-refractivity contribution in [3.05, 3.63) is 30.2 Å². The van der Waals surface area contributed by atoms with Crippen molar-refractivity contribution >= 4 is 11.6 Å². The molecule has 3 heterocycles. The average Bonchev–Trinajstić information content (AvgIpc) is 2.98. The van der Waals surface area contributed by atoms with Gasteiger partial charge in [0.2, 0.25) is 0 Å². The molecule has 0 radical (unpaired) electrons. The molecule has 1 N–H and O–H groups in total. The topological polar surface area (TPSA) is 89.2 Å². The van der Waals surface area contributed by atoms with E-state index in [4.69, 9.17) is 9.47 Å². The molecule has 0 saturated carbocycles. The highest BCUT2D eigenvalue weighted by molar-refractivity contribution is 5.99. The van der Waals surface area contributed by atoms with E-state index in [2.05, 4.69) is 10.1 Å². The number of hydrogen-bond acceptors (Lipinski definition) is 6. The maximum atomic E-state index is 12.7. The maximum absolute atomic E-state index is 12.7. The van der Waals surface area contributed by atoms with Gasteiger partial charge in [-0.25, -0.2) is 9.50 Å². The van der Waals surface area contributed by atoms with Crippen LogP contribution in [0.5, 0.6) is 0 Å². The molecule has 3 atom stereocenters. The molecule has 8 heteroatoms. The van der Waals surface area contributed by atoms with Crippen molar-refractivity contribution in [3.63, 3.8) is 0 Å². The van der Waals surface area contributed by atoms with Gasteiger partial charge < -0.3 is 19.5 Å². The van der Waals surface area contributed by atoms with Crippen LogP contribution in [0.4, 0.5) is 0 Å². The van der Waals surface area contributed by atoms with Crippen LogP contribution in [-0.2, 0) is 9.47 Å². The summed E-state index contributed by atoms with van der Waals surface area (Å²) in [6.45, 7) is 0.574. The molecule has 0 spiro atoms. The standard InChI is InChI=1S/C14H18N4O4/c1-17(10-7-22-8-11(21-2)12(10)19)14(20)9-6-16-18-5-3-4-15-13(9)18/h3-6,10-12,19H,7-8H2,1-2H3/t10-,11-,12+/m1/s1. The van der Waals surface area contributed by atoms with Crippen molar-refractivity contribution in [3.8, 4) is 0 Å². The Labute approximate surface area is 127 Å². The average molecular weight is 306 g/mol. The lowest BCUT2D eigenvalue weighted by atomic mass is 10.0. The van der Waals surface area contributed by atoms with E-state index in [-0.39, 0.29) is 12.5 Å². The number of aromatic nitrogens is 3. The third-order valence-electron chi connectivity index (χ3n) is 3.98. The van der Waals surface area contributed by atoms with Gasteiger partial charge in [0.15, 0.2) is 5.65 Å². The first-order valence-electron chi connectivity index (χ1n) is 6.97. The summed E-state index contributed by atoms with van der Waals surface area (Å²) in [4.78, 5) is 18.3. The Morgan fingerprint density at radius 1 is 1.55 bits per heavy atom. The van der Waals surface area contributed by atoms with Crippen molar-refractivity contribution in [2.75, 3.05) is 27.4 Å². The number of ether oxygens (including phenoxy) is 2. The van der Waals surface area contributed by atoms with Gasteiger partial charge in [-0.05, 0) is 6.07 Å². The smallest absolute Gasteiger partial charge is 0.259 e. The van der Waals surface area contributed by atoms with E-state index in [0.29, 0.717) is 17.8 Å². The largest absolute Gasteiger partial charge is 0.388 e. The van der Waals surface area contributed by atoms with Crippen molar-refractivity contribution in [2.24, 2.45) is 0 Å². The lowest BCUT2D eigenvalue weighted by molar-refractivity contribution is -0.135. The number of aliphatic hydroxyl groups excluding tert-OH is 1. The monoisotopic (exact) mass is 306 g/mol. The second kappa shape index (κ2) is 5.99. The fraction of sp³-hybridized carbons (Fsp3) is 0.500. The fourth-order valence-corrected chi connectivity index (χ4v) is 2.62. The predicted octanol–water partition coefficient (Wildman–Crippen LogP) is -0.424. The highest BCUT2D eigenvalue weighted by Crippen LogP contribution is 2.19. The number of aliphatic hydroxyl groups is 1. The van der Waals surface area contributed by atoms with E-state index in [1.807, 2.05) is 0 Å².